The maximum atomic E-state index is 13.7. The summed E-state index contributed by atoms with van der Waals surface area (Å²) in [7, 11) is 2.08. The van der Waals surface area contributed by atoms with E-state index >= 15 is 0 Å². The number of nitrogens with one attached hydrogen (secondary N) is 1. The Labute approximate surface area is 130 Å². The molecule has 104 valence electrons. The Morgan fingerprint density at radius 2 is 2.16 bits per heavy atom. The monoisotopic (exact) mass is 393 g/mol. The Bertz CT molecular complexity index is 647. The van der Waals surface area contributed by atoms with Gasteiger partial charge in [0, 0.05) is 25.2 Å². The third kappa shape index (κ3) is 3.17. The van der Waals surface area contributed by atoms with Crippen LogP contribution in [0.3, 0.4) is 0 Å². The van der Waals surface area contributed by atoms with Crippen molar-refractivity contribution in [1.29, 1.82) is 0 Å². The van der Waals surface area contributed by atoms with Gasteiger partial charge in [-0.1, -0.05) is 0 Å². The number of H-pyrrole nitrogens is 1. The van der Waals surface area contributed by atoms with Crippen LogP contribution in [0.5, 0.6) is 0 Å². The molecule has 0 spiro atoms. The van der Waals surface area contributed by atoms with Crippen molar-refractivity contribution in [2.75, 3.05) is 13.6 Å². The SMILES string of the molecule is CC(C)N(C)CCn1c(=S)[nH]c2cc(I)c(F)cc21. The van der Waals surface area contributed by atoms with Gasteiger partial charge in [0.2, 0.25) is 0 Å². The fraction of sp³-hybridized carbons (Fsp3) is 0.462. The Kier molecular flexibility index (Phi) is 4.62. The molecule has 1 aromatic heterocycles. The Morgan fingerprint density at radius 3 is 2.79 bits per heavy atom. The summed E-state index contributed by atoms with van der Waals surface area (Å²) in [5.74, 6) is -0.201. The molecule has 2 aromatic rings. The summed E-state index contributed by atoms with van der Waals surface area (Å²) in [6.07, 6.45) is 0. The molecule has 0 saturated heterocycles. The van der Waals surface area contributed by atoms with Gasteiger partial charge in [-0.25, -0.2) is 4.39 Å². The van der Waals surface area contributed by atoms with Gasteiger partial charge >= 0.3 is 0 Å². The first kappa shape index (κ1) is 14.9. The van der Waals surface area contributed by atoms with Crippen LogP contribution in [0.25, 0.3) is 11.0 Å². The number of likely N-dealkylation sites (N-methyl/N-ethyl adjacent to an activating group) is 1. The van der Waals surface area contributed by atoms with E-state index in [2.05, 4.69) is 30.8 Å². The zero-order valence-electron chi connectivity index (χ0n) is 11.2. The number of aromatic nitrogens is 2. The van der Waals surface area contributed by atoms with Gasteiger partial charge in [-0.05, 0) is 61.8 Å². The summed E-state index contributed by atoms with van der Waals surface area (Å²) in [5.41, 5.74) is 1.73. The van der Waals surface area contributed by atoms with Crippen molar-refractivity contribution in [3.63, 3.8) is 0 Å². The van der Waals surface area contributed by atoms with E-state index in [0.717, 1.165) is 24.1 Å². The van der Waals surface area contributed by atoms with Crippen LogP contribution in [-0.2, 0) is 6.54 Å². The van der Waals surface area contributed by atoms with Crippen LogP contribution >= 0.6 is 34.8 Å². The summed E-state index contributed by atoms with van der Waals surface area (Å²) in [6, 6.07) is 3.83. The van der Waals surface area contributed by atoms with Crippen molar-refractivity contribution in [1.82, 2.24) is 14.5 Å². The minimum absolute atomic E-state index is 0.201. The number of nitrogens with zero attached hydrogens (tertiary/aromatic N) is 2. The molecule has 0 aliphatic heterocycles. The number of benzene rings is 1. The van der Waals surface area contributed by atoms with Crippen LogP contribution < -0.4 is 0 Å². The number of rotatable bonds is 4. The molecule has 0 aliphatic carbocycles. The Morgan fingerprint density at radius 1 is 1.47 bits per heavy atom. The van der Waals surface area contributed by atoms with Gasteiger partial charge in [0.25, 0.3) is 0 Å². The maximum Gasteiger partial charge on any atom is 0.178 e. The topological polar surface area (TPSA) is 24.0 Å². The molecule has 1 aromatic carbocycles. The van der Waals surface area contributed by atoms with E-state index in [-0.39, 0.29) is 5.82 Å². The van der Waals surface area contributed by atoms with Gasteiger partial charge in [0.15, 0.2) is 4.77 Å². The number of halogens is 2. The zero-order chi connectivity index (χ0) is 14.2. The number of hydrogen-bond donors (Lipinski definition) is 1. The first-order chi connectivity index (χ1) is 8.90. The lowest BCUT2D eigenvalue weighted by Crippen LogP contribution is -2.29. The minimum Gasteiger partial charge on any atom is -0.331 e. The molecule has 1 heterocycles. The highest BCUT2D eigenvalue weighted by Gasteiger charge is 2.10. The Balaban J connectivity index is 2.35. The lowest BCUT2D eigenvalue weighted by atomic mass is 10.3. The van der Waals surface area contributed by atoms with E-state index in [1.165, 1.54) is 0 Å². The molecule has 0 amide bonds. The first-order valence-electron chi connectivity index (χ1n) is 6.18. The minimum atomic E-state index is -0.201. The molecule has 0 bridgehead atoms. The van der Waals surface area contributed by atoms with Crippen LogP contribution in [0, 0.1) is 14.2 Å². The van der Waals surface area contributed by atoms with E-state index in [1.54, 1.807) is 12.1 Å². The van der Waals surface area contributed by atoms with Crippen molar-refractivity contribution < 1.29 is 4.39 Å². The van der Waals surface area contributed by atoms with E-state index in [9.17, 15) is 4.39 Å². The predicted molar refractivity (Wildman–Crippen MR) is 87.6 cm³/mol. The normalized spacial score (nSPS) is 11.9. The molecule has 0 radical (unpaired) electrons. The Hall–Kier alpha value is -0.470. The molecule has 3 nitrogen and oxygen atoms in total. The van der Waals surface area contributed by atoms with Crippen LogP contribution in [0.4, 0.5) is 4.39 Å². The van der Waals surface area contributed by atoms with Crippen molar-refractivity contribution in [3.8, 4) is 0 Å². The van der Waals surface area contributed by atoms with Crippen molar-refractivity contribution >= 4 is 45.8 Å². The van der Waals surface area contributed by atoms with Gasteiger partial charge in [-0.3, -0.25) is 0 Å². The average Bonchev–Trinajstić information content (AvgIpc) is 2.62. The van der Waals surface area contributed by atoms with E-state index in [0.29, 0.717) is 14.4 Å². The largest absolute Gasteiger partial charge is 0.331 e. The highest BCUT2D eigenvalue weighted by atomic mass is 127. The summed E-state index contributed by atoms with van der Waals surface area (Å²) < 4.78 is 16.9. The van der Waals surface area contributed by atoms with Gasteiger partial charge in [-0.2, -0.15) is 0 Å². The molecule has 2 rings (SSSR count). The number of hydrogen-bond acceptors (Lipinski definition) is 2. The third-order valence-corrected chi connectivity index (χ3v) is 4.52. The second kappa shape index (κ2) is 5.88. The third-order valence-electron chi connectivity index (χ3n) is 3.37. The fourth-order valence-corrected chi connectivity index (χ4v) is 2.66. The molecule has 0 aliphatic rings. The number of aromatic amines is 1. The standard InChI is InChI=1S/C13H17FIN3S/c1-8(2)17(3)4-5-18-12-6-9(14)10(15)7-11(12)16-13(18)19/h6-8H,4-5H2,1-3H3,(H,16,19). The molecule has 0 unspecified atom stereocenters. The summed E-state index contributed by atoms with van der Waals surface area (Å²) >= 11 is 7.31. The van der Waals surface area contributed by atoms with E-state index < -0.39 is 0 Å². The maximum absolute atomic E-state index is 13.7. The molecule has 6 heteroatoms. The quantitative estimate of drug-likeness (QED) is 0.632. The van der Waals surface area contributed by atoms with Crippen LogP contribution in [0.15, 0.2) is 12.1 Å². The molecular formula is C13H17FIN3S. The second-order valence-corrected chi connectivity index (χ2v) is 6.49. The van der Waals surface area contributed by atoms with Crippen LogP contribution in [0.2, 0.25) is 0 Å². The first-order valence-corrected chi connectivity index (χ1v) is 7.66. The molecule has 0 atom stereocenters. The number of imidazole rings is 1. The molecular weight excluding hydrogens is 376 g/mol. The summed E-state index contributed by atoms with van der Waals surface area (Å²) in [6.45, 7) is 5.94. The van der Waals surface area contributed by atoms with Crippen molar-refractivity contribution in [2.45, 2.75) is 26.4 Å². The van der Waals surface area contributed by atoms with E-state index in [1.807, 2.05) is 27.2 Å². The summed E-state index contributed by atoms with van der Waals surface area (Å²) in [5, 5.41) is 0. The van der Waals surface area contributed by atoms with Gasteiger partial charge in [0.05, 0.1) is 14.6 Å². The number of fused-ring (bicyclic) bond motifs is 1. The lowest BCUT2D eigenvalue weighted by Gasteiger charge is -2.21. The van der Waals surface area contributed by atoms with Crippen molar-refractivity contribution in [3.05, 3.63) is 26.3 Å². The van der Waals surface area contributed by atoms with Gasteiger partial charge in [0.1, 0.15) is 5.82 Å². The zero-order valence-corrected chi connectivity index (χ0v) is 14.2. The lowest BCUT2D eigenvalue weighted by molar-refractivity contribution is 0.263. The molecule has 0 saturated carbocycles. The highest BCUT2D eigenvalue weighted by Crippen LogP contribution is 2.20. The molecule has 1 N–H and O–H groups in total. The smallest absolute Gasteiger partial charge is 0.178 e. The average molecular weight is 393 g/mol. The second-order valence-electron chi connectivity index (χ2n) is 4.94. The van der Waals surface area contributed by atoms with Gasteiger partial charge in [-0.15, -0.1) is 0 Å². The predicted octanol–water partition coefficient (Wildman–Crippen LogP) is 3.78. The summed E-state index contributed by atoms with van der Waals surface area (Å²) in [4.78, 5) is 5.38. The highest BCUT2D eigenvalue weighted by molar-refractivity contribution is 14.1. The molecule has 0 fully saturated rings. The van der Waals surface area contributed by atoms with Crippen LogP contribution in [-0.4, -0.2) is 34.1 Å². The van der Waals surface area contributed by atoms with E-state index in [4.69, 9.17) is 12.2 Å². The van der Waals surface area contributed by atoms with Crippen molar-refractivity contribution in [2.24, 2.45) is 0 Å². The van der Waals surface area contributed by atoms with Crippen LogP contribution in [0.1, 0.15) is 13.8 Å². The molecule has 19 heavy (non-hydrogen) atoms. The fourth-order valence-electron chi connectivity index (χ4n) is 1.89. The van der Waals surface area contributed by atoms with Gasteiger partial charge < -0.3 is 14.5 Å².